The number of aryl methyl sites for hydroxylation is 1. The molecule has 0 fully saturated rings. The van der Waals surface area contributed by atoms with Crippen LogP contribution >= 0.6 is 0 Å². The van der Waals surface area contributed by atoms with Gasteiger partial charge in [-0.15, -0.1) is 0 Å². The van der Waals surface area contributed by atoms with Crippen molar-refractivity contribution in [1.29, 1.82) is 0 Å². The number of nitrogens with zero attached hydrogens (tertiary/aromatic N) is 3. The molecule has 1 unspecified atom stereocenters. The maximum atomic E-state index is 14.0. The second-order valence-corrected chi connectivity index (χ2v) is 8.67. The first-order valence-electron chi connectivity index (χ1n) is 11.7. The summed E-state index contributed by atoms with van der Waals surface area (Å²) in [6.45, 7) is 4.80. The van der Waals surface area contributed by atoms with Crippen LogP contribution in [0.2, 0.25) is 0 Å². The van der Waals surface area contributed by atoms with Crippen LogP contribution in [-0.4, -0.2) is 33.9 Å². The molecule has 0 saturated carbocycles. The lowest BCUT2D eigenvalue weighted by molar-refractivity contribution is 0.276. The van der Waals surface area contributed by atoms with Crippen LogP contribution in [0.25, 0.3) is 11.3 Å². The maximum Gasteiger partial charge on any atom is 0.128 e. The lowest BCUT2D eigenvalue weighted by Crippen LogP contribution is -2.19. The van der Waals surface area contributed by atoms with E-state index in [9.17, 15) is 9.50 Å². The summed E-state index contributed by atoms with van der Waals surface area (Å²) in [6.07, 6.45) is 3.71. The summed E-state index contributed by atoms with van der Waals surface area (Å²) in [5.74, 6) is 1.94. The van der Waals surface area contributed by atoms with Crippen LogP contribution in [0.15, 0.2) is 60.9 Å². The predicted octanol–water partition coefficient (Wildman–Crippen LogP) is 4.80. The van der Waals surface area contributed by atoms with Crippen molar-refractivity contribution < 1.29 is 19.0 Å². The van der Waals surface area contributed by atoms with Crippen molar-refractivity contribution in [2.75, 3.05) is 14.2 Å². The Morgan fingerprint density at radius 2 is 1.81 bits per heavy atom. The van der Waals surface area contributed by atoms with E-state index in [4.69, 9.17) is 14.5 Å². The summed E-state index contributed by atoms with van der Waals surface area (Å²) in [5, 5.41) is 13.1. The third-order valence-corrected chi connectivity index (χ3v) is 6.19. The van der Waals surface area contributed by atoms with E-state index in [0.29, 0.717) is 18.8 Å². The van der Waals surface area contributed by atoms with Gasteiger partial charge in [-0.2, -0.15) is 0 Å². The molecular formula is C28H31FN4O3. The average molecular weight is 491 g/mol. The average Bonchev–Trinajstić information content (AvgIpc) is 3.30. The number of aromatic nitrogens is 3. The smallest absolute Gasteiger partial charge is 0.128 e. The van der Waals surface area contributed by atoms with E-state index in [1.807, 2.05) is 37.4 Å². The van der Waals surface area contributed by atoms with Gasteiger partial charge in [0.05, 0.1) is 32.2 Å². The van der Waals surface area contributed by atoms with Crippen LogP contribution in [0.5, 0.6) is 11.5 Å². The lowest BCUT2D eigenvalue weighted by Gasteiger charge is -2.17. The van der Waals surface area contributed by atoms with E-state index in [0.717, 1.165) is 39.7 Å². The summed E-state index contributed by atoms with van der Waals surface area (Å²) < 4.78 is 26.9. The second kappa shape index (κ2) is 11.3. The number of nitrogens with one attached hydrogen (secondary N) is 1. The Hall–Kier alpha value is -3.75. The fourth-order valence-corrected chi connectivity index (χ4v) is 4.06. The predicted molar refractivity (Wildman–Crippen MR) is 136 cm³/mol. The van der Waals surface area contributed by atoms with Crippen LogP contribution in [0.3, 0.4) is 0 Å². The standard InChI is InChI=1S/C28H31FN4O3/c1-18(22-12-25(35-3)14-26(13-22)36-4)31-15-24-9-20(16-33-8-7-30-19(33)2)10-28(32-24)21-5-6-27(29)23(11-21)17-34/h5-14,18,31,34H,15-17H2,1-4H3. The summed E-state index contributed by atoms with van der Waals surface area (Å²) in [7, 11) is 3.26. The van der Waals surface area contributed by atoms with Crippen LogP contribution in [0.1, 0.15) is 41.2 Å². The number of aliphatic hydroxyl groups is 1. The van der Waals surface area contributed by atoms with E-state index in [2.05, 4.69) is 27.9 Å². The summed E-state index contributed by atoms with van der Waals surface area (Å²) >= 11 is 0. The van der Waals surface area contributed by atoms with Gasteiger partial charge in [0.1, 0.15) is 23.1 Å². The van der Waals surface area contributed by atoms with Crippen molar-refractivity contribution >= 4 is 0 Å². The van der Waals surface area contributed by atoms with Crippen LogP contribution in [0.4, 0.5) is 4.39 Å². The number of hydrogen-bond donors (Lipinski definition) is 2. The Balaban J connectivity index is 1.63. The molecule has 2 heterocycles. The molecule has 0 radical (unpaired) electrons. The molecule has 0 aliphatic carbocycles. The number of imidazole rings is 1. The number of hydrogen-bond acceptors (Lipinski definition) is 6. The van der Waals surface area contributed by atoms with Gasteiger partial charge in [-0.3, -0.25) is 4.98 Å². The van der Waals surface area contributed by atoms with Gasteiger partial charge in [0.2, 0.25) is 0 Å². The number of aliphatic hydroxyl groups excluding tert-OH is 1. The molecule has 0 spiro atoms. The molecule has 8 heteroatoms. The normalized spacial score (nSPS) is 11.9. The van der Waals surface area contributed by atoms with Crippen LogP contribution in [0, 0.1) is 12.7 Å². The lowest BCUT2D eigenvalue weighted by atomic mass is 10.0. The van der Waals surface area contributed by atoms with Crippen LogP contribution in [-0.2, 0) is 19.7 Å². The first-order valence-corrected chi connectivity index (χ1v) is 11.7. The van der Waals surface area contributed by atoms with Crippen molar-refractivity contribution in [3.63, 3.8) is 0 Å². The molecule has 0 amide bonds. The molecule has 2 N–H and O–H groups in total. The summed E-state index contributed by atoms with van der Waals surface area (Å²) in [6, 6.07) is 14.6. The van der Waals surface area contributed by atoms with Crippen molar-refractivity contribution in [3.8, 4) is 22.8 Å². The van der Waals surface area contributed by atoms with Crippen molar-refractivity contribution in [2.45, 2.75) is 39.6 Å². The number of pyridine rings is 1. The fourth-order valence-electron chi connectivity index (χ4n) is 4.06. The highest BCUT2D eigenvalue weighted by molar-refractivity contribution is 5.61. The molecular weight excluding hydrogens is 459 g/mol. The minimum atomic E-state index is -0.434. The van der Waals surface area contributed by atoms with E-state index in [1.54, 1.807) is 32.5 Å². The Bertz CT molecular complexity index is 1320. The monoisotopic (exact) mass is 490 g/mol. The molecule has 0 bridgehead atoms. The highest BCUT2D eigenvalue weighted by Gasteiger charge is 2.13. The maximum absolute atomic E-state index is 14.0. The van der Waals surface area contributed by atoms with Gasteiger partial charge in [-0.1, -0.05) is 0 Å². The fraction of sp³-hybridized carbons (Fsp3) is 0.286. The summed E-state index contributed by atoms with van der Waals surface area (Å²) in [4.78, 5) is 9.17. The van der Waals surface area contributed by atoms with Gasteiger partial charge in [-0.05, 0) is 67.4 Å². The largest absolute Gasteiger partial charge is 0.497 e. The number of halogens is 1. The Kier molecular flexibility index (Phi) is 7.97. The molecule has 1 atom stereocenters. The highest BCUT2D eigenvalue weighted by Crippen LogP contribution is 2.27. The zero-order valence-corrected chi connectivity index (χ0v) is 21.0. The molecule has 188 valence electrons. The SMILES string of the molecule is COc1cc(OC)cc(C(C)NCc2cc(Cn3ccnc3C)cc(-c3ccc(F)c(CO)c3)n2)c1. The molecule has 4 rings (SSSR count). The van der Waals surface area contributed by atoms with Gasteiger partial charge >= 0.3 is 0 Å². The highest BCUT2D eigenvalue weighted by atomic mass is 19.1. The third kappa shape index (κ3) is 5.90. The Morgan fingerprint density at radius 3 is 2.44 bits per heavy atom. The quantitative estimate of drug-likeness (QED) is 0.332. The van der Waals surface area contributed by atoms with Gasteiger partial charge < -0.3 is 24.5 Å². The van der Waals surface area contributed by atoms with E-state index in [-0.39, 0.29) is 18.2 Å². The molecule has 0 aliphatic rings. The second-order valence-electron chi connectivity index (χ2n) is 8.67. The third-order valence-electron chi connectivity index (χ3n) is 6.19. The van der Waals surface area contributed by atoms with E-state index in [1.165, 1.54) is 6.07 Å². The number of ether oxygens (including phenoxy) is 2. The molecule has 2 aromatic heterocycles. The Labute approximate surface area is 210 Å². The van der Waals surface area contributed by atoms with Crippen molar-refractivity contribution in [3.05, 3.63) is 95.0 Å². The molecule has 7 nitrogen and oxygen atoms in total. The van der Waals surface area contributed by atoms with Gasteiger partial charge in [0.15, 0.2) is 0 Å². The number of benzene rings is 2. The molecule has 4 aromatic rings. The van der Waals surface area contributed by atoms with E-state index >= 15 is 0 Å². The van der Waals surface area contributed by atoms with Crippen LogP contribution < -0.4 is 14.8 Å². The van der Waals surface area contributed by atoms with E-state index < -0.39 is 5.82 Å². The zero-order chi connectivity index (χ0) is 25.7. The minimum Gasteiger partial charge on any atom is -0.497 e. The van der Waals surface area contributed by atoms with Gasteiger partial charge in [0, 0.05) is 48.7 Å². The van der Waals surface area contributed by atoms with Gasteiger partial charge in [-0.25, -0.2) is 9.37 Å². The molecule has 0 aliphatic heterocycles. The topological polar surface area (TPSA) is 81.4 Å². The molecule has 2 aromatic carbocycles. The number of methoxy groups -OCH3 is 2. The summed E-state index contributed by atoms with van der Waals surface area (Å²) in [5.41, 5.74) is 4.62. The van der Waals surface area contributed by atoms with Crippen molar-refractivity contribution in [2.24, 2.45) is 0 Å². The number of rotatable bonds is 10. The van der Waals surface area contributed by atoms with Crippen molar-refractivity contribution in [1.82, 2.24) is 19.9 Å². The first-order chi connectivity index (χ1) is 17.4. The zero-order valence-electron chi connectivity index (χ0n) is 21.0. The first kappa shape index (κ1) is 25.3. The Morgan fingerprint density at radius 1 is 1.06 bits per heavy atom. The molecule has 0 saturated heterocycles. The van der Waals surface area contributed by atoms with Gasteiger partial charge in [0.25, 0.3) is 0 Å². The minimum absolute atomic E-state index is 0.00520. The molecule has 36 heavy (non-hydrogen) atoms.